The molecular weight excluding hydrogens is 304 g/mol. The van der Waals surface area contributed by atoms with Gasteiger partial charge in [0, 0.05) is 6.54 Å². The van der Waals surface area contributed by atoms with E-state index in [2.05, 4.69) is 5.32 Å². The van der Waals surface area contributed by atoms with Crippen LogP contribution >= 0.6 is 0 Å². The molecule has 0 fully saturated rings. The second kappa shape index (κ2) is 8.14. The molecule has 0 aromatic heterocycles. The molecule has 0 heterocycles. The lowest BCUT2D eigenvalue weighted by Gasteiger charge is -2.24. The van der Waals surface area contributed by atoms with Crippen molar-refractivity contribution in [1.82, 2.24) is 5.32 Å². The van der Waals surface area contributed by atoms with E-state index in [1.807, 2.05) is 14.0 Å². The molecule has 1 aromatic rings. The number of methoxy groups -OCH3 is 1. The van der Waals surface area contributed by atoms with Crippen LogP contribution in [0.5, 0.6) is 0 Å². The van der Waals surface area contributed by atoms with Crippen LogP contribution in [0, 0.1) is 6.92 Å². The Kier molecular flexibility index (Phi) is 6.83. The first-order chi connectivity index (χ1) is 10.3. The lowest BCUT2D eigenvalue weighted by molar-refractivity contribution is 0.0601. The minimum atomic E-state index is -3.48. The predicted molar refractivity (Wildman–Crippen MR) is 87.9 cm³/mol. The molecule has 0 amide bonds. The molecule has 1 rings (SSSR count). The second-order valence-corrected chi connectivity index (χ2v) is 7.06. The van der Waals surface area contributed by atoms with Gasteiger partial charge in [-0.05, 0) is 45.5 Å². The summed E-state index contributed by atoms with van der Waals surface area (Å²) in [6.45, 7) is 2.98. The largest absolute Gasteiger partial charge is 0.465 e. The average molecular weight is 328 g/mol. The monoisotopic (exact) mass is 328 g/mol. The summed E-state index contributed by atoms with van der Waals surface area (Å²) in [6, 6.07) is 5.08. The van der Waals surface area contributed by atoms with Crippen LogP contribution in [0.1, 0.15) is 28.8 Å². The molecule has 1 N–H and O–H groups in total. The quantitative estimate of drug-likeness (QED) is 0.579. The highest BCUT2D eigenvalue weighted by molar-refractivity contribution is 7.92. The highest BCUT2D eigenvalue weighted by Gasteiger charge is 2.23. The zero-order valence-corrected chi connectivity index (χ0v) is 14.4. The van der Waals surface area contributed by atoms with Crippen LogP contribution in [0.4, 0.5) is 5.69 Å². The number of nitrogens with zero attached hydrogens (tertiary/aromatic N) is 1. The maximum atomic E-state index is 12.1. The predicted octanol–water partition coefficient (Wildman–Crippen LogP) is 1.55. The summed E-state index contributed by atoms with van der Waals surface area (Å²) in [6.07, 6.45) is 2.69. The number of nitrogens with one attached hydrogen (secondary N) is 1. The van der Waals surface area contributed by atoms with E-state index < -0.39 is 16.0 Å². The third-order valence-electron chi connectivity index (χ3n) is 3.26. The van der Waals surface area contributed by atoms with Gasteiger partial charge in [-0.15, -0.1) is 0 Å². The maximum Gasteiger partial charge on any atom is 0.340 e. The number of esters is 1. The fourth-order valence-electron chi connectivity index (χ4n) is 2.16. The summed E-state index contributed by atoms with van der Waals surface area (Å²) in [5.41, 5.74) is 1.50. The minimum absolute atomic E-state index is 0.265. The van der Waals surface area contributed by atoms with Gasteiger partial charge in [-0.25, -0.2) is 13.2 Å². The van der Waals surface area contributed by atoms with Gasteiger partial charge in [0.15, 0.2) is 0 Å². The molecule has 124 valence electrons. The number of hydrogen-bond donors (Lipinski definition) is 1. The fourth-order valence-corrected chi connectivity index (χ4v) is 3.14. The molecule has 0 aliphatic carbocycles. The number of sulfonamides is 1. The summed E-state index contributed by atoms with van der Waals surface area (Å²) in [4.78, 5) is 11.9. The second-order valence-electron chi connectivity index (χ2n) is 5.16. The first-order valence-corrected chi connectivity index (χ1v) is 8.97. The lowest BCUT2D eigenvalue weighted by atomic mass is 10.1. The smallest absolute Gasteiger partial charge is 0.340 e. The Balaban J connectivity index is 3.17. The summed E-state index contributed by atoms with van der Waals surface area (Å²) in [5, 5.41) is 3.02. The van der Waals surface area contributed by atoms with Crippen molar-refractivity contribution in [1.29, 1.82) is 0 Å². The highest BCUT2D eigenvalue weighted by Crippen LogP contribution is 2.25. The average Bonchev–Trinajstić information content (AvgIpc) is 2.46. The van der Waals surface area contributed by atoms with Crippen molar-refractivity contribution >= 4 is 21.7 Å². The van der Waals surface area contributed by atoms with Gasteiger partial charge in [0.1, 0.15) is 0 Å². The van der Waals surface area contributed by atoms with E-state index in [9.17, 15) is 13.2 Å². The number of carbonyl (C=O) groups is 1. The molecule has 0 bridgehead atoms. The molecule has 0 saturated carbocycles. The van der Waals surface area contributed by atoms with E-state index in [1.54, 1.807) is 18.2 Å². The SMILES string of the molecule is CNCCCCN(c1ccc(C)cc1C(=O)OC)S(C)(=O)=O. The number of unbranched alkanes of at least 4 members (excludes halogenated alkanes) is 1. The fraction of sp³-hybridized carbons (Fsp3) is 0.533. The van der Waals surface area contributed by atoms with Gasteiger partial charge in [0.05, 0.1) is 24.6 Å². The molecule has 22 heavy (non-hydrogen) atoms. The van der Waals surface area contributed by atoms with Crippen LogP contribution in [0.15, 0.2) is 18.2 Å². The van der Waals surface area contributed by atoms with Gasteiger partial charge in [-0.1, -0.05) is 11.6 Å². The van der Waals surface area contributed by atoms with E-state index in [-0.39, 0.29) is 5.56 Å². The molecule has 0 aliphatic heterocycles. The van der Waals surface area contributed by atoms with Crippen molar-refractivity contribution in [2.45, 2.75) is 19.8 Å². The molecular formula is C15H24N2O4S. The number of aryl methyl sites for hydroxylation is 1. The van der Waals surface area contributed by atoms with Crippen LogP contribution < -0.4 is 9.62 Å². The van der Waals surface area contributed by atoms with Gasteiger partial charge in [0.25, 0.3) is 0 Å². The van der Waals surface area contributed by atoms with E-state index in [0.717, 1.165) is 24.8 Å². The Morgan fingerprint density at radius 3 is 2.55 bits per heavy atom. The molecule has 0 radical (unpaired) electrons. The molecule has 0 unspecified atom stereocenters. The van der Waals surface area contributed by atoms with E-state index in [1.165, 1.54) is 11.4 Å². The summed E-state index contributed by atoms with van der Waals surface area (Å²) >= 11 is 0. The Bertz CT molecular complexity index is 614. The van der Waals surface area contributed by atoms with Crippen molar-refractivity contribution < 1.29 is 17.9 Å². The van der Waals surface area contributed by atoms with Gasteiger partial charge < -0.3 is 10.1 Å². The normalized spacial score (nSPS) is 11.3. The molecule has 1 aromatic carbocycles. The molecule has 6 nitrogen and oxygen atoms in total. The van der Waals surface area contributed by atoms with Crippen molar-refractivity contribution in [2.75, 3.05) is 37.8 Å². The Morgan fingerprint density at radius 1 is 1.32 bits per heavy atom. The van der Waals surface area contributed by atoms with E-state index in [0.29, 0.717) is 18.7 Å². The number of carbonyl (C=O) groups excluding carboxylic acids is 1. The first-order valence-electron chi connectivity index (χ1n) is 7.12. The third kappa shape index (κ3) is 4.99. The zero-order valence-electron chi connectivity index (χ0n) is 13.5. The standard InChI is InChI=1S/C15H24N2O4S/c1-12-7-8-14(13(11-12)15(18)21-3)17(22(4,19)20)10-6-5-9-16-2/h7-8,11,16H,5-6,9-10H2,1-4H3. The Hall–Kier alpha value is -1.60. The van der Waals surface area contributed by atoms with Crippen molar-refractivity contribution in [3.63, 3.8) is 0 Å². The van der Waals surface area contributed by atoms with Crippen LogP contribution in [0.3, 0.4) is 0 Å². The van der Waals surface area contributed by atoms with Crippen LogP contribution in [-0.2, 0) is 14.8 Å². The van der Waals surface area contributed by atoms with Crippen molar-refractivity contribution in [3.05, 3.63) is 29.3 Å². The number of benzene rings is 1. The number of ether oxygens (including phenoxy) is 1. The van der Waals surface area contributed by atoms with Gasteiger partial charge >= 0.3 is 5.97 Å². The van der Waals surface area contributed by atoms with Gasteiger partial charge in [-0.2, -0.15) is 0 Å². The number of anilines is 1. The van der Waals surface area contributed by atoms with Crippen LogP contribution in [-0.4, -0.2) is 47.9 Å². The Morgan fingerprint density at radius 2 is 2.00 bits per heavy atom. The number of hydrogen-bond acceptors (Lipinski definition) is 5. The minimum Gasteiger partial charge on any atom is -0.465 e. The Labute approximate surface area is 132 Å². The highest BCUT2D eigenvalue weighted by atomic mass is 32.2. The molecule has 0 spiro atoms. The summed E-state index contributed by atoms with van der Waals surface area (Å²) in [5.74, 6) is -0.539. The van der Waals surface area contributed by atoms with E-state index >= 15 is 0 Å². The third-order valence-corrected chi connectivity index (χ3v) is 4.44. The zero-order chi connectivity index (χ0) is 16.8. The van der Waals surface area contributed by atoms with E-state index in [4.69, 9.17) is 4.74 Å². The maximum absolute atomic E-state index is 12.1. The lowest BCUT2D eigenvalue weighted by Crippen LogP contribution is -2.32. The van der Waals surface area contributed by atoms with Crippen molar-refractivity contribution in [2.24, 2.45) is 0 Å². The summed E-state index contributed by atoms with van der Waals surface area (Å²) in [7, 11) is -0.342. The molecule has 7 heteroatoms. The van der Waals surface area contributed by atoms with Crippen LogP contribution in [0.2, 0.25) is 0 Å². The van der Waals surface area contributed by atoms with Gasteiger partial charge in [0.2, 0.25) is 10.0 Å². The molecule has 0 saturated heterocycles. The first kappa shape index (κ1) is 18.4. The van der Waals surface area contributed by atoms with Gasteiger partial charge in [-0.3, -0.25) is 4.31 Å². The topological polar surface area (TPSA) is 75.7 Å². The van der Waals surface area contributed by atoms with Crippen molar-refractivity contribution in [3.8, 4) is 0 Å². The molecule has 0 aliphatic rings. The summed E-state index contributed by atoms with van der Waals surface area (Å²) < 4.78 is 30.2. The molecule has 0 atom stereocenters. The van der Waals surface area contributed by atoms with Crippen LogP contribution in [0.25, 0.3) is 0 Å². The number of rotatable bonds is 8.